The maximum atomic E-state index is 11.5. The largest absolute Gasteiger partial charge is 0.356 e. The van der Waals surface area contributed by atoms with Gasteiger partial charge in [-0.1, -0.05) is 19.3 Å². The van der Waals surface area contributed by atoms with Crippen LogP contribution in [0.2, 0.25) is 0 Å². The van der Waals surface area contributed by atoms with Crippen molar-refractivity contribution < 1.29 is 4.79 Å². The van der Waals surface area contributed by atoms with Gasteiger partial charge in [0.1, 0.15) is 0 Å². The molecule has 0 aromatic carbocycles. The molecule has 2 rings (SSSR count). The van der Waals surface area contributed by atoms with E-state index in [4.69, 9.17) is 5.73 Å². The first-order valence-corrected chi connectivity index (χ1v) is 5.30. The van der Waals surface area contributed by atoms with E-state index in [2.05, 4.69) is 5.32 Å². The normalized spacial score (nSPS) is 31.2. The predicted molar refractivity (Wildman–Crippen MR) is 51.0 cm³/mol. The van der Waals surface area contributed by atoms with Crippen LogP contribution in [0.25, 0.3) is 0 Å². The number of rotatable bonds is 3. The van der Waals surface area contributed by atoms with Gasteiger partial charge in [-0.2, -0.15) is 0 Å². The lowest BCUT2D eigenvalue weighted by molar-refractivity contribution is -0.124. The first-order chi connectivity index (χ1) is 6.33. The Labute approximate surface area is 79.1 Å². The van der Waals surface area contributed by atoms with Crippen LogP contribution in [-0.4, -0.2) is 19.0 Å². The molecule has 0 spiro atoms. The third-order valence-corrected chi connectivity index (χ3v) is 3.64. The fraction of sp³-hybridized carbons (Fsp3) is 0.900. The van der Waals surface area contributed by atoms with Gasteiger partial charge >= 0.3 is 0 Å². The van der Waals surface area contributed by atoms with Crippen molar-refractivity contribution in [3.8, 4) is 0 Å². The first-order valence-electron chi connectivity index (χ1n) is 5.30. The maximum Gasteiger partial charge on any atom is 0.223 e. The van der Waals surface area contributed by atoms with E-state index in [0.29, 0.717) is 12.5 Å². The Morgan fingerprint density at radius 2 is 2.23 bits per heavy atom. The Morgan fingerprint density at radius 1 is 1.46 bits per heavy atom. The summed E-state index contributed by atoms with van der Waals surface area (Å²) in [7, 11) is 0. The number of nitrogens with one attached hydrogen (secondary N) is 1. The van der Waals surface area contributed by atoms with Crippen LogP contribution < -0.4 is 11.1 Å². The molecule has 3 heteroatoms. The van der Waals surface area contributed by atoms with Gasteiger partial charge in [0.25, 0.3) is 0 Å². The Bertz CT molecular complexity index is 201. The Kier molecular flexibility index (Phi) is 2.54. The molecule has 1 saturated carbocycles. The van der Waals surface area contributed by atoms with Crippen LogP contribution in [0.1, 0.15) is 25.7 Å². The summed E-state index contributed by atoms with van der Waals surface area (Å²) >= 11 is 0. The molecule has 3 nitrogen and oxygen atoms in total. The van der Waals surface area contributed by atoms with Gasteiger partial charge in [-0.25, -0.2) is 0 Å². The molecule has 0 aromatic heterocycles. The van der Waals surface area contributed by atoms with E-state index < -0.39 is 0 Å². The summed E-state index contributed by atoms with van der Waals surface area (Å²) < 4.78 is 0. The Balaban J connectivity index is 1.98. The minimum atomic E-state index is 0.218. The van der Waals surface area contributed by atoms with Crippen LogP contribution in [0.15, 0.2) is 0 Å². The second-order valence-electron chi connectivity index (χ2n) is 4.28. The summed E-state index contributed by atoms with van der Waals surface area (Å²) in [6.45, 7) is 1.54. The molecule has 1 saturated heterocycles. The van der Waals surface area contributed by atoms with Crippen molar-refractivity contribution in [2.75, 3.05) is 13.1 Å². The molecule has 2 unspecified atom stereocenters. The lowest BCUT2D eigenvalue weighted by atomic mass is 9.70. The highest BCUT2D eigenvalue weighted by molar-refractivity contribution is 5.80. The number of nitrogens with two attached hydrogens (primary N) is 1. The van der Waals surface area contributed by atoms with Crippen molar-refractivity contribution in [1.82, 2.24) is 5.32 Å². The summed E-state index contributed by atoms with van der Waals surface area (Å²) in [5, 5.41) is 2.89. The zero-order valence-electron chi connectivity index (χ0n) is 7.96. The van der Waals surface area contributed by atoms with E-state index in [1.165, 1.54) is 19.3 Å². The van der Waals surface area contributed by atoms with Crippen LogP contribution in [-0.2, 0) is 4.79 Å². The molecule has 2 fully saturated rings. The summed E-state index contributed by atoms with van der Waals surface area (Å²) in [5.74, 6) is 1.65. The lowest BCUT2D eigenvalue weighted by Crippen LogP contribution is -2.37. The van der Waals surface area contributed by atoms with E-state index in [-0.39, 0.29) is 11.8 Å². The van der Waals surface area contributed by atoms with Gasteiger partial charge in [0.15, 0.2) is 0 Å². The number of hydrogen-bond acceptors (Lipinski definition) is 2. The van der Waals surface area contributed by atoms with E-state index in [1.54, 1.807) is 0 Å². The average Bonchev–Trinajstić information content (AvgIpc) is 2.43. The van der Waals surface area contributed by atoms with Gasteiger partial charge in [0.05, 0.1) is 0 Å². The lowest BCUT2D eigenvalue weighted by Gasteiger charge is -2.35. The number of amides is 1. The molecule has 13 heavy (non-hydrogen) atoms. The highest BCUT2D eigenvalue weighted by Crippen LogP contribution is 2.38. The van der Waals surface area contributed by atoms with Gasteiger partial charge in [0, 0.05) is 12.5 Å². The van der Waals surface area contributed by atoms with Crippen molar-refractivity contribution in [1.29, 1.82) is 0 Å². The van der Waals surface area contributed by atoms with Gasteiger partial charge in [-0.15, -0.1) is 0 Å². The molecule has 1 aliphatic heterocycles. The van der Waals surface area contributed by atoms with Crippen LogP contribution >= 0.6 is 0 Å². The predicted octanol–water partition coefficient (Wildman–Crippen LogP) is 0.498. The topological polar surface area (TPSA) is 55.1 Å². The van der Waals surface area contributed by atoms with Crippen LogP contribution in [0.5, 0.6) is 0 Å². The monoisotopic (exact) mass is 182 g/mol. The van der Waals surface area contributed by atoms with Crippen molar-refractivity contribution in [2.45, 2.75) is 25.7 Å². The number of hydrogen-bond donors (Lipinski definition) is 2. The van der Waals surface area contributed by atoms with Crippen LogP contribution in [0.4, 0.5) is 0 Å². The number of carbonyl (C=O) groups excluding carboxylic acids is 1. The molecule has 1 amide bonds. The molecule has 2 atom stereocenters. The molecule has 3 N–H and O–H groups in total. The minimum Gasteiger partial charge on any atom is -0.356 e. The van der Waals surface area contributed by atoms with Crippen molar-refractivity contribution in [2.24, 2.45) is 23.5 Å². The summed E-state index contributed by atoms with van der Waals surface area (Å²) in [6.07, 6.45) is 4.89. The zero-order valence-corrected chi connectivity index (χ0v) is 7.96. The molecule has 0 bridgehead atoms. The fourth-order valence-corrected chi connectivity index (χ4v) is 2.57. The van der Waals surface area contributed by atoms with Gasteiger partial charge in [-0.3, -0.25) is 4.79 Å². The van der Waals surface area contributed by atoms with E-state index in [9.17, 15) is 4.79 Å². The second-order valence-corrected chi connectivity index (χ2v) is 4.28. The summed E-state index contributed by atoms with van der Waals surface area (Å²) in [4.78, 5) is 11.5. The summed E-state index contributed by atoms with van der Waals surface area (Å²) in [6, 6.07) is 0. The maximum absolute atomic E-state index is 11.5. The third kappa shape index (κ3) is 1.57. The van der Waals surface area contributed by atoms with Crippen molar-refractivity contribution in [3.05, 3.63) is 0 Å². The Hall–Kier alpha value is -0.570. The Morgan fingerprint density at radius 3 is 2.62 bits per heavy atom. The number of carbonyl (C=O) groups is 1. The molecule has 2 aliphatic rings. The molecular weight excluding hydrogens is 164 g/mol. The molecule has 0 aromatic rings. The van der Waals surface area contributed by atoms with E-state index >= 15 is 0 Å². The molecular formula is C10H18N2O. The van der Waals surface area contributed by atoms with Crippen LogP contribution in [0.3, 0.4) is 0 Å². The van der Waals surface area contributed by atoms with Gasteiger partial charge in [-0.05, 0) is 24.8 Å². The third-order valence-electron chi connectivity index (χ3n) is 3.64. The molecule has 0 radical (unpaired) electrons. The van der Waals surface area contributed by atoms with Gasteiger partial charge < -0.3 is 11.1 Å². The zero-order chi connectivity index (χ0) is 9.26. The molecule has 1 heterocycles. The van der Waals surface area contributed by atoms with Crippen molar-refractivity contribution >= 4 is 5.91 Å². The SMILES string of the molecule is NCC(C1CCC1)C1CCNC1=O. The smallest absolute Gasteiger partial charge is 0.223 e. The molecule has 1 aliphatic carbocycles. The van der Waals surface area contributed by atoms with Gasteiger partial charge in [0.2, 0.25) is 5.91 Å². The quantitative estimate of drug-likeness (QED) is 0.667. The summed E-state index contributed by atoms with van der Waals surface area (Å²) in [5.41, 5.74) is 5.75. The molecule has 74 valence electrons. The highest BCUT2D eigenvalue weighted by Gasteiger charge is 2.37. The van der Waals surface area contributed by atoms with Crippen molar-refractivity contribution in [3.63, 3.8) is 0 Å². The van der Waals surface area contributed by atoms with E-state index in [1.807, 2.05) is 0 Å². The minimum absolute atomic E-state index is 0.218. The average molecular weight is 182 g/mol. The highest BCUT2D eigenvalue weighted by atomic mass is 16.2. The van der Waals surface area contributed by atoms with Crippen LogP contribution in [0, 0.1) is 17.8 Å². The van der Waals surface area contributed by atoms with E-state index in [0.717, 1.165) is 18.9 Å². The standard InChI is InChI=1S/C10H18N2O/c11-6-9(7-2-1-3-7)8-4-5-12-10(8)13/h7-9H,1-6,11H2,(H,12,13). The first kappa shape index (κ1) is 9.00. The second kappa shape index (κ2) is 3.66. The fourth-order valence-electron chi connectivity index (χ4n) is 2.57.